The predicted octanol–water partition coefficient (Wildman–Crippen LogP) is 15.3. The Morgan fingerprint density at radius 3 is 1.63 bits per heavy atom. The predicted molar refractivity (Wildman–Crippen MR) is 253 cm³/mol. The molecule has 2 aromatic heterocycles. The maximum absolute atomic E-state index is 12.6. The molecule has 2 heterocycles. The third kappa shape index (κ3) is 7.68. The molecule has 1 N–H and O–H groups in total. The molecule has 6 aromatic carbocycles. The van der Waals surface area contributed by atoms with Crippen molar-refractivity contribution in [2.24, 2.45) is 0 Å². The van der Waals surface area contributed by atoms with Crippen LogP contribution in [-0.2, 0) is 10.8 Å². The van der Waals surface area contributed by atoms with Gasteiger partial charge in [0.2, 0.25) is 0 Å². The van der Waals surface area contributed by atoms with Crippen molar-refractivity contribution in [3.05, 3.63) is 168 Å². The van der Waals surface area contributed by atoms with Gasteiger partial charge in [-0.05, 0) is 122 Å². The first-order valence-electron chi connectivity index (χ1n) is 21.4. The minimum Gasteiger partial charge on any atom is -0.507 e. The van der Waals surface area contributed by atoms with E-state index in [0.29, 0.717) is 0 Å². The highest BCUT2D eigenvalue weighted by molar-refractivity contribution is 5.98. The molecule has 302 valence electrons. The van der Waals surface area contributed by atoms with Gasteiger partial charge < -0.3 is 5.11 Å². The number of pyridine rings is 1. The highest BCUT2D eigenvalue weighted by Gasteiger charge is 2.30. The highest BCUT2D eigenvalue weighted by Crippen LogP contribution is 2.47. The molecule has 0 saturated carbocycles. The smallest absolute Gasteiger partial charge is 0.149 e. The van der Waals surface area contributed by atoms with Crippen LogP contribution >= 0.6 is 0 Å². The second kappa shape index (κ2) is 15.7. The van der Waals surface area contributed by atoms with Gasteiger partial charge >= 0.3 is 0 Å². The average molecular weight is 788 g/mol. The maximum atomic E-state index is 12.6. The van der Waals surface area contributed by atoms with Crippen molar-refractivity contribution < 1.29 is 5.11 Å². The largest absolute Gasteiger partial charge is 0.507 e. The summed E-state index contributed by atoms with van der Waals surface area (Å²) in [7, 11) is 0. The van der Waals surface area contributed by atoms with Crippen LogP contribution in [0.15, 0.2) is 146 Å². The van der Waals surface area contributed by atoms with Crippen LogP contribution in [0.5, 0.6) is 5.75 Å². The van der Waals surface area contributed by atoms with Crippen LogP contribution in [-0.4, -0.2) is 19.6 Å². The molecular formula is C56H57N3O. The fourth-order valence-electron chi connectivity index (χ4n) is 8.43. The number of hydrogen-bond donors (Lipinski definition) is 1. The van der Waals surface area contributed by atoms with E-state index >= 15 is 0 Å². The Balaban J connectivity index is 1.52. The van der Waals surface area contributed by atoms with E-state index < -0.39 is 0 Å². The Morgan fingerprint density at radius 2 is 1.08 bits per heavy atom. The third-order valence-electron chi connectivity index (χ3n) is 11.8. The highest BCUT2D eigenvalue weighted by atomic mass is 16.3. The van der Waals surface area contributed by atoms with Gasteiger partial charge in [0.05, 0.1) is 28.0 Å². The number of imidazole rings is 1. The minimum atomic E-state index is -0.314. The van der Waals surface area contributed by atoms with Crippen molar-refractivity contribution in [1.29, 1.82) is 0 Å². The Kier molecular flexibility index (Phi) is 10.6. The van der Waals surface area contributed by atoms with Crippen molar-refractivity contribution in [3.63, 3.8) is 0 Å². The van der Waals surface area contributed by atoms with E-state index in [1.54, 1.807) is 0 Å². The van der Waals surface area contributed by atoms with Crippen LogP contribution in [0, 0.1) is 0 Å². The second-order valence-electron chi connectivity index (χ2n) is 18.9. The van der Waals surface area contributed by atoms with E-state index in [9.17, 15) is 5.11 Å². The zero-order valence-electron chi connectivity index (χ0n) is 36.8. The van der Waals surface area contributed by atoms with Gasteiger partial charge in [-0.3, -0.25) is 9.55 Å². The molecule has 0 amide bonds. The quantitative estimate of drug-likeness (QED) is 0.167. The molecule has 0 unspecified atom stereocenters. The lowest BCUT2D eigenvalue weighted by molar-refractivity contribution is 0.446. The van der Waals surface area contributed by atoms with E-state index in [-0.39, 0.29) is 28.4 Å². The minimum absolute atomic E-state index is 0.173. The molecule has 8 aromatic rings. The summed E-state index contributed by atoms with van der Waals surface area (Å²) in [6.07, 6.45) is 1.85. The summed E-state index contributed by atoms with van der Waals surface area (Å²) in [6, 6.07) is 49.7. The number of phenols is 1. The topological polar surface area (TPSA) is 50.9 Å². The zero-order chi connectivity index (χ0) is 42.5. The van der Waals surface area contributed by atoms with Crippen molar-refractivity contribution in [2.45, 2.75) is 91.9 Å². The van der Waals surface area contributed by atoms with Gasteiger partial charge in [-0.2, -0.15) is 0 Å². The monoisotopic (exact) mass is 787 g/mol. The summed E-state index contributed by atoms with van der Waals surface area (Å²) in [4.78, 5) is 10.5. The number of benzene rings is 6. The number of rotatable bonds is 8. The summed E-state index contributed by atoms with van der Waals surface area (Å²) in [5.74, 6) is 1.39. The molecule has 8 rings (SSSR count). The number of phenolic OH excluding ortho intramolecular Hbond substituents is 1. The van der Waals surface area contributed by atoms with Gasteiger partial charge in [-0.1, -0.05) is 154 Å². The van der Waals surface area contributed by atoms with Gasteiger partial charge in [-0.25, -0.2) is 4.98 Å². The molecule has 0 radical (unpaired) electrons. The number of aromatic nitrogens is 3. The van der Waals surface area contributed by atoms with E-state index in [1.807, 2.05) is 18.3 Å². The lowest BCUT2D eigenvalue weighted by atomic mass is 9.78. The molecular weight excluding hydrogens is 731 g/mol. The van der Waals surface area contributed by atoms with Crippen molar-refractivity contribution in [2.75, 3.05) is 0 Å². The summed E-state index contributed by atoms with van der Waals surface area (Å²) >= 11 is 0. The maximum Gasteiger partial charge on any atom is 0.149 e. The van der Waals surface area contributed by atoms with E-state index in [2.05, 4.69) is 201 Å². The lowest BCUT2D eigenvalue weighted by Gasteiger charge is -2.28. The first-order chi connectivity index (χ1) is 28.6. The molecule has 0 aliphatic heterocycles. The SMILES string of the molecule is CC(C)c1cc(-c2ccccc2)cc(C(C)C)c1-n1c(-c2cc(C(C)(C)C)cc(C(C)(C)C)c2O)nc2c(-c3cc(-c4ccccc4)cc(-c4ccccn4)c3)cccc21. The summed E-state index contributed by atoms with van der Waals surface area (Å²) in [5.41, 5.74) is 16.4. The van der Waals surface area contributed by atoms with Crippen molar-refractivity contribution in [3.8, 4) is 67.5 Å². The van der Waals surface area contributed by atoms with Crippen LogP contribution in [0.1, 0.15) is 103 Å². The van der Waals surface area contributed by atoms with Gasteiger partial charge in [0.15, 0.2) is 0 Å². The molecule has 60 heavy (non-hydrogen) atoms. The molecule has 0 aliphatic carbocycles. The average Bonchev–Trinajstić information content (AvgIpc) is 3.62. The standard InChI is InChI=1S/C56H57N3O/c1-35(2)45-31-40(38-22-15-12-16-23-38)32-46(36(3)4)52(45)59-50-26-19-24-44(41-28-39(37-20-13-11-14-21-37)29-42(30-41)49-25-17-18-27-57-49)51(50)58-54(59)47-33-43(55(5,6)7)34-48(53(47)60)56(8,9)10/h11-36,60H,1-10H3. The Hall–Kier alpha value is -6.26. The van der Waals surface area contributed by atoms with Crippen LogP contribution in [0.3, 0.4) is 0 Å². The Labute approximate surface area is 356 Å². The third-order valence-corrected chi connectivity index (χ3v) is 11.8. The zero-order valence-corrected chi connectivity index (χ0v) is 36.8. The molecule has 0 fully saturated rings. The fraction of sp³-hybridized carbons (Fsp3) is 0.250. The number of para-hydroxylation sites is 1. The Bertz CT molecular complexity index is 2730. The summed E-state index contributed by atoms with van der Waals surface area (Å²) < 4.78 is 2.37. The van der Waals surface area contributed by atoms with Crippen LogP contribution in [0.4, 0.5) is 0 Å². The fourth-order valence-corrected chi connectivity index (χ4v) is 8.43. The molecule has 0 aliphatic rings. The normalized spacial score (nSPS) is 12.2. The number of fused-ring (bicyclic) bond motifs is 1. The van der Waals surface area contributed by atoms with Gasteiger partial charge in [0.25, 0.3) is 0 Å². The second-order valence-corrected chi connectivity index (χ2v) is 18.9. The van der Waals surface area contributed by atoms with Gasteiger partial charge in [0.1, 0.15) is 11.6 Å². The Morgan fingerprint density at radius 1 is 0.517 bits per heavy atom. The number of aromatic hydroxyl groups is 1. The lowest BCUT2D eigenvalue weighted by Crippen LogP contribution is -2.17. The first-order valence-corrected chi connectivity index (χ1v) is 21.4. The molecule has 4 nitrogen and oxygen atoms in total. The summed E-state index contributed by atoms with van der Waals surface area (Å²) in [5, 5.41) is 12.6. The summed E-state index contributed by atoms with van der Waals surface area (Å²) in [6.45, 7) is 22.4. The van der Waals surface area contributed by atoms with Crippen LogP contribution in [0.2, 0.25) is 0 Å². The first kappa shape index (κ1) is 40.5. The molecule has 0 saturated heterocycles. The van der Waals surface area contributed by atoms with Crippen molar-refractivity contribution >= 4 is 11.0 Å². The van der Waals surface area contributed by atoms with E-state index in [4.69, 9.17) is 9.97 Å². The number of hydrogen-bond acceptors (Lipinski definition) is 3. The van der Waals surface area contributed by atoms with Gasteiger partial charge in [-0.15, -0.1) is 0 Å². The number of nitrogens with zero attached hydrogens (tertiary/aromatic N) is 3. The molecule has 0 bridgehead atoms. The van der Waals surface area contributed by atoms with Crippen LogP contribution in [0.25, 0.3) is 72.7 Å². The van der Waals surface area contributed by atoms with E-state index in [1.165, 1.54) is 22.3 Å². The molecule has 4 heteroatoms. The van der Waals surface area contributed by atoms with Crippen molar-refractivity contribution in [1.82, 2.24) is 14.5 Å². The van der Waals surface area contributed by atoms with Crippen LogP contribution < -0.4 is 0 Å². The molecule has 0 atom stereocenters. The van der Waals surface area contributed by atoms with Gasteiger partial charge in [0, 0.05) is 22.9 Å². The van der Waals surface area contributed by atoms with E-state index in [0.717, 1.165) is 72.7 Å². The molecule has 0 spiro atoms.